The number of anilines is 2. The molecule has 0 fully saturated rings. The van der Waals surface area contributed by atoms with Crippen molar-refractivity contribution >= 4 is 11.4 Å². The highest BCUT2D eigenvalue weighted by molar-refractivity contribution is 5.58. The molecule has 0 saturated heterocycles. The summed E-state index contributed by atoms with van der Waals surface area (Å²) in [6, 6.07) is 14.1. The quantitative estimate of drug-likeness (QED) is 0.792. The van der Waals surface area contributed by atoms with Gasteiger partial charge in [0.15, 0.2) is 0 Å². The SMILES string of the molecule is Nc1ccc2c(c1)CN(c1ccccc1CO)C2. The molecule has 0 spiro atoms. The molecule has 3 nitrogen and oxygen atoms in total. The van der Waals surface area contributed by atoms with Crippen LogP contribution in [0.15, 0.2) is 42.5 Å². The second kappa shape index (κ2) is 4.35. The molecule has 0 amide bonds. The summed E-state index contributed by atoms with van der Waals surface area (Å²) in [5, 5.41) is 9.39. The average Bonchev–Trinajstić information content (AvgIpc) is 2.81. The minimum atomic E-state index is 0.0746. The van der Waals surface area contributed by atoms with Crippen molar-refractivity contribution < 1.29 is 5.11 Å². The van der Waals surface area contributed by atoms with E-state index in [9.17, 15) is 5.11 Å². The van der Waals surface area contributed by atoms with Gasteiger partial charge in [-0.1, -0.05) is 24.3 Å². The first-order valence-corrected chi connectivity index (χ1v) is 6.09. The third kappa shape index (κ3) is 1.83. The van der Waals surface area contributed by atoms with Crippen LogP contribution in [0.4, 0.5) is 11.4 Å². The van der Waals surface area contributed by atoms with Crippen LogP contribution in [-0.4, -0.2) is 5.11 Å². The second-order valence-electron chi connectivity index (χ2n) is 4.67. The smallest absolute Gasteiger partial charge is 0.0702 e. The molecule has 0 aromatic heterocycles. The second-order valence-corrected chi connectivity index (χ2v) is 4.67. The van der Waals surface area contributed by atoms with Gasteiger partial charge in [-0.05, 0) is 29.3 Å². The molecule has 1 aliphatic rings. The van der Waals surface area contributed by atoms with E-state index in [0.717, 1.165) is 30.0 Å². The maximum atomic E-state index is 9.39. The zero-order chi connectivity index (χ0) is 12.5. The monoisotopic (exact) mass is 240 g/mol. The maximum Gasteiger partial charge on any atom is 0.0702 e. The largest absolute Gasteiger partial charge is 0.399 e. The molecule has 18 heavy (non-hydrogen) atoms. The predicted molar refractivity (Wildman–Crippen MR) is 73.1 cm³/mol. The lowest BCUT2D eigenvalue weighted by molar-refractivity contribution is 0.282. The fourth-order valence-corrected chi connectivity index (χ4v) is 2.54. The van der Waals surface area contributed by atoms with Gasteiger partial charge in [0.1, 0.15) is 0 Å². The average molecular weight is 240 g/mol. The highest BCUT2D eigenvalue weighted by Crippen LogP contribution is 2.31. The zero-order valence-electron chi connectivity index (χ0n) is 10.1. The Hall–Kier alpha value is -2.00. The van der Waals surface area contributed by atoms with E-state index >= 15 is 0 Å². The van der Waals surface area contributed by atoms with Gasteiger partial charge in [-0.25, -0.2) is 0 Å². The highest BCUT2D eigenvalue weighted by atomic mass is 16.3. The molecule has 0 radical (unpaired) electrons. The lowest BCUT2D eigenvalue weighted by atomic mass is 10.1. The van der Waals surface area contributed by atoms with Crippen molar-refractivity contribution in [1.82, 2.24) is 0 Å². The van der Waals surface area contributed by atoms with Gasteiger partial charge in [-0.2, -0.15) is 0 Å². The number of para-hydroxylation sites is 1. The first-order chi connectivity index (χ1) is 8.78. The Kier molecular flexibility index (Phi) is 2.68. The molecule has 0 atom stereocenters. The van der Waals surface area contributed by atoms with Crippen molar-refractivity contribution in [2.75, 3.05) is 10.6 Å². The molecule has 3 rings (SSSR count). The van der Waals surface area contributed by atoms with Crippen LogP contribution < -0.4 is 10.6 Å². The van der Waals surface area contributed by atoms with Gasteiger partial charge in [0.05, 0.1) is 6.61 Å². The minimum Gasteiger partial charge on any atom is -0.399 e. The third-order valence-corrected chi connectivity index (χ3v) is 3.46. The zero-order valence-corrected chi connectivity index (χ0v) is 10.1. The predicted octanol–water partition coefficient (Wildman–Crippen LogP) is 2.28. The van der Waals surface area contributed by atoms with Crippen molar-refractivity contribution in [3.8, 4) is 0 Å². The number of aliphatic hydroxyl groups excluding tert-OH is 1. The van der Waals surface area contributed by atoms with Gasteiger partial charge in [0, 0.05) is 30.0 Å². The van der Waals surface area contributed by atoms with Crippen molar-refractivity contribution in [1.29, 1.82) is 0 Å². The number of benzene rings is 2. The molecular formula is C15H16N2O. The summed E-state index contributed by atoms with van der Waals surface area (Å²) in [6.07, 6.45) is 0. The Labute approximate surface area is 106 Å². The van der Waals surface area contributed by atoms with Crippen molar-refractivity contribution in [2.24, 2.45) is 0 Å². The summed E-state index contributed by atoms with van der Waals surface area (Å²) in [4.78, 5) is 2.27. The van der Waals surface area contributed by atoms with Gasteiger partial charge >= 0.3 is 0 Å². The van der Waals surface area contributed by atoms with E-state index in [1.807, 2.05) is 30.3 Å². The number of hydrogen-bond acceptors (Lipinski definition) is 3. The van der Waals surface area contributed by atoms with Gasteiger partial charge in [0.2, 0.25) is 0 Å². The molecule has 3 N–H and O–H groups in total. The van der Waals surface area contributed by atoms with Crippen LogP contribution in [0.2, 0.25) is 0 Å². The topological polar surface area (TPSA) is 49.5 Å². The van der Waals surface area contributed by atoms with E-state index in [1.165, 1.54) is 11.1 Å². The Morgan fingerprint density at radius 3 is 2.67 bits per heavy atom. The summed E-state index contributed by atoms with van der Waals surface area (Å²) in [5.74, 6) is 0. The molecule has 0 unspecified atom stereocenters. The molecule has 92 valence electrons. The number of aliphatic hydroxyl groups is 1. The van der Waals surface area contributed by atoms with Crippen LogP contribution in [0.3, 0.4) is 0 Å². The Balaban J connectivity index is 1.93. The number of fused-ring (bicyclic) bond motifs is 1. The summed E-state index contributed by atoms with van der Waals surface area (Å²) in [6.45, 7) is 1.81. The first-order valence-electron chi connectivity index (χ1n) is 6.09. The summed E-state index contributed by atoms with van der Waals surface area (Å²) in [5.41, 5.74) is 11.3. The fraction of sp³-hybridized carbons (Fsp3) is 0.200. The number of hydrogen-bond donors (Lipinski definition) is 2. The summed E-state index contributed by atoms with van der Waals surface area (Å²) < 4.78 is 0. The molecule has 2 aromatic rings. The number of rotatable bonds is 2. The molecule has 0 aliphatic carbocycles. The van der Waals surface area contributed by atoms with Crippen molar-refractivity contribution in [3.63, 3.8) is 0 Å². The van der Waals surface area contributed by atoms with Gasteiger partial charge in [-0.3, -0.25) is 0 Å². The summed E-state index contributed by atoms with van der Waals surface area (Å²) in [7, 11) is 0. The fourth-order valence-electron chi connectivity index (χ4n) is 2.54. The van der Waals surface area contributed by atoms with E-state index in [2.05, 4.69) is 17.0 Å². The van der Waals surface area contributed by atoms with Crippen LogP contribution in [-0.2, 0) is 19.7 Å². The van der Waals surface area contributed by atoms with Crippen LogP contribution in [0.5, 0.6) is 0 Å². The minimum absolute atomic E-state index is 0.0746. The number of nitrogens with two attached hydrogens (primary N) is 1. The lowest BCUT2D eigenvalue weighted by Gasteiger charge is -2.20. The molecule has 1 aliphatic heterocycles. The van der Waals surface area contributed by atoms with E-state index < -0.39 is 0 Å². The van der Waals surface area contributed by atoms with E-state index in [4.69, 9.17) is 5.73 Å². The molecule has 0 bridgehead atoms. The van der Waals surface area contributed by atoms with E-state index in [-0.39, 0.29) is 6.61 Å². The molecular weight excluding hydrogens is 224 g/mol. The molecule has 3 heteroatoms. The van der Waals surface area contributed by atoms with Crippen LogP contribution in [0.25, 0.3) is 0 Å². The van der Waals surface area contributed by atoms with Crippen LogP contribution in [0.1, 0.15) is 16.7 Å². The van der Waals surface area contributed by atoms with E-state index in [1.54, 1.807) is 0 Å². The molecule has 1 heterocycles. The normalized spacial score (nSPS) is 13.7. The molecule has 2 aromatic carbocycles. The number of nitrogen functional groups attached to an aromatic ring is 1. The highest BCUT2D eigenvalue weighted by Gasteiger charge is 2.20. The maximum absolute atomic E-state index is 9.39. The van der Waals surface area contributed by atoms with Crippen molar-refractivity contribution in [2.45, 2.75) is 19.7 Å². The van der Waals surface area contributed by atoms with Gasteiger partial charge in [-0.15, -0.1) is 0 Å². The first kappa shape index (κ1) is 11.1. The third-order valence-electron chi connectivity index (χ3n) is 3.46. The van der Waals surface area contributed by atoms with Crippen molar-refractivity contribution in [3.05, 3.63) is 59.2 Å². The Bertz CT molecular complexity index is 580. The molecule has 0 saturated carbocycles. The van der Waals surface area contributed by atoms with Gasteiger partial charge < -0.3 is 15.7 Å². The van der Waals surface area contributed by atoms with E-state index in [0.29, 0.717) is 0 Å². The summed E-state index contributed by atoms with van der Waals surface area (Å²) >= 11 is 0. The van der Waals surface area contributed by atoms with Crippen LogP contribution >= 0.6 is 0 Å². The number of nitrogens with zero attached hydrogens (tertiary/aromatic N) is 1. The Morgan fingerprint density at radius 1 is 1.06 bits per heavy atom. The Morgan fingerprint density at radius 2 is 1.83 bits per heavy atom. The van der Waals surface area contributed by atoms with Gasteiger partial charge in [0.25, 0.3) is 0 Å². The standard InChI is InChI=1S/C15H16N2O/c16-14-6-5-11-8-17(9-13(11)7-14)15-4-2-1-3-12(15)10-18/h1-7,18H,8-10,16H2. The van der Waals surface area contributed by atoms with Crippen LogP contribution in [0, 0.1) is 0 Å². The lowest BCUT2D eigenvalue weighted by Crippen LogP contribution is -2.16.